The summed E-state index contributed by atoms with van der Waals surface area (Å²) >= 11 is 5.77. The third-order valence-electron chi connectivity index (χ3n) is 3.41. The molecule has 0 saturated carbocycles. The Labute approximate surface area is 108 Å². The van der Waals surface area contributed by atoms with Gasteiger partial charge in [0, 0.05) is 31.2 Å². The Hall–Kier alpha value is -0.800. The summed E-state index contributed by atoms with van der Waals surface area (Å²) in [4.78, 5) is 9.16. The van der Waals surface area contributed by atoms with Crippen LogP contribution in [0.25, 0.3) is 0 Å². The number of likely N-dealkylation sites (N-methyl/N-ethyl adjacent to an activating group) is 1. The molecular weight excluding hydrogens is 234 g/mol. The summed E-state index contributed by atoms with van der Waals surface area (Å²) in [5.41, 5.74) is 1.08. The predicted octanol–water partition coefficient (Wildman–Crippen LogP) is 2.35. The fourth-order valence-corrected chi connectivity index (χ4v) is 2.43. The predicted molar refractivity (Wildman–Crippen MR) is 72.7 cm³/mol. The molecule has 1 saturated heterocycles. The summed E-state index contributed by atoms with van der Waals surface area (Å²) in [6.45, 7) is 2.18. The average molecular weight is 254 g/mol. The van der Waals surface area contributed by atoms with Crippen LogP contribution < -0.4 is 4.90 Å². The van der Waals surface area contributed by atoms with Gasteiger partial charge in [0.15, 0.2) is 0 Å². The number of rotatable bonds is 3. The minimum atomic E-state index is 0.535. The second kappa shape index (κ2) is 5.69. The molecule has 2 heterocycles. The standard InChI is InChI=1S/C13H20ClN3/c1-16(2)12-4-3-7-17(10-12)13-6-5-11(8-14)9-15-13/h5-6,9,12H,3-4,7-8,10H2,1-2H3. The molecule has 0 radical (unpaired) electrons. The van der Waals surface area contributed by atoms with Crippen LogP contribution in [0.1, 0.15) is 18.4 Å². The van der Waals surface area contributed by atoms with Crippen molar-refractivity contribution in [2.75, 3.05) is 32.1 Å². The molecule has 1 atom stereocenters. The smallest absolute Gasteiger partial charge is 0.128 e. The van der Waals surface area contributed by atoms with Gasteiger partial charge in [0.2, 0.25) is 0 Å². The Balaban J connectivity index is 2.05. The van der Waals surface area contributed by atoms with Gasteiger partial charge in [-0.25, -0.2) is 4.98 Å². The van der Waals surface area contributed by atoms with Crippen LogP contribution >= 0.6 is 11.6 Å². The monoisotopic (exact) mass is 253 g/mol. The molecule has 94 valence electrons. The van der Waals surface area contributed by atoms with Crippen LogP contribution in [0.15, 0.2) is 18.3 Å². The molecule has 0 N–H and O–H groups in total. The van der Waals surface area contributed by atoms with E-state index in [1.54, 1.807) is 0 Å². The number of hydrogen-bond donors (Lipinski definition) is 0. The van der Waals surface area contributed by atoms with Crippen molar-refractivity contribution in [3.63, 3.8) is 0 Å². The molecule has 4 heteroatoms. The number of piperidine rings is 1. The van der Waals surface area contributed by atoms with E-state index in [1.165, 1.54) is 12.8 Å². The highest BCUT2D eigenvalue weighted by atomic mass is 35.5. The summed E-state index contributed by atoms with van der Waals surface area (Å²) in [5, 5.41) is 0. The van der Waals surface area contributed by atoms with Crippen molar-refractivity contribution in [2.45, 2.75) is 24.8 Å². The van der Waals surface area contributed by atoms with Gasteiger partial charge in [0.1, 0.15) is 5.82 Å². The van der Waals surface area contributed by atoms with Crippen molar-refractivity contribution < 1.29 is 0 Å². The lowest BCUT2D eigenvalue weighted by atomic mass is 10.0. The zero-order chi connectivity index (χ0) is 12.3. The topological polar surface area (TPSA) is 19.4 Å². The van der Waals surface area contributed by atoms with Crippen LogP contribution in [0.2, 0.25) is 0 Å². The van der Waals surface area contributed by atoms with E-state index in [1.807, 2.05) is 6.20 Å². The molecule has 0 aliphatic carbocycles. The third-order valence-corrected chi connectivity index (χ3v) is 3.72. The van der Waals surface area contributed by atoms with Gasteiger partial charge in [0.25, 0.3) is 0 Å². The fraction of sp³-hybridized carbons (Fsp3) is 0.615. The van der Waals surface area contributed by atoms with Gasteiger partial charge in [-0.2, -0.15) is 0 Å². The minimum Gasteiger partial charge on any atom is -0.355 e. The summed E-state index contributed by atoms with van der Waals surface area (Å²) < 4.78 is 0. The van der Waals surface area contributed by atoms with E-state index in [9.17, 15) is 0 Å². The molecule has 0 amide bonds. The largest absolute Gasteiger partial charge is 0.355 e. The molecule has 3 nitrogen and oxygen atoms in total. The van der Waals surface area contributed by atoms with E-state index in [2.05, 4.69) is 41.0 Å². The number of anilines is 1. The maximum atomic E-state index is 5.77. The highest BCUT2D eigenvalue weighted by Crippen LogP contribution is 2.20. The van der Waals surface area contributed by atoms with Crippen molar-refractivity contribution in [3.05, 3.63) is 23.9 Å². The summed E-state index contributed by atoms with van der Waals surface area (Å²) in [5.74, 6) is 1.61. The molecule has 1 fully saturated rings. The number of alkyl halides is 1. The number of hydrogen-bond acceptors (Lipinski definition) is 3. The molecule has 0 bridgehead atoms. The highest BCUT2D eigenvalue weighted by molar-refractivity contribution is 6.17. The van der Waals surface area contributed by atoms with E-state index in [-0.39, 0.29) is 0 Å². The van der Waals surface area contributed by atoms with Crippen LogP contribution in [-0.4, -0.2) is 43.1 Å². The van der Waals surface area contributed by atoms with Crippen LogP contribution in [0.5, 0.6) is 0 Å². The first-order valence-electron chi connectivity index (χ1n) is 6.13. The average Bonchev–Trinajstić information content (AvgIpc) is 2.39. The quantitative estimate of drug-likeness (QED) is 0.771. The molecular formula is C13H20ClN3. The first-order chi connectivity index (χ1) is 8.20. The SMILES string of the molecule is CN(C)C1CCCN(c2ccc(CCl)cn2)C1. The Morgan fingerprint density at radius 1 is 1.47 bits per heavy atom. The van der Waals surface area contributed by atoms with E-state index < -0.39 is 0 Å². The molecule has 0 aromatic carbocycles. The number of aromatic nitrogens is 1. The molecule has 1 aliphatic rings. The lowest BCUT2D eigenvalue weighted by molar-refractivity contribution is 0.257. The first-order valence-corrected chi connectivity index (χ1v) is 6.66. The zero-order valence-corrected chi connectivity index (χ0v) is 11.3. The van der Waals surface area contributed by atoms with E-state index in [4.69, 9.17) is 11.6 Å². The first kappa shape index (κ1) is 12.7. The van der Waals surface area contributed by atoms with Crippen molar-refractivity contribution >= 4 is 17.4 Å². The van der Waals surface area contributed by atoms with Gasteiger partial charge in [0.05, 0.1) is 0 Å². The van der Waals surface area contributed by atoms with Crippen LogP contribution in [0, 0.1) is 0 Å². The van der Waals surface area contributed by atoms with Crippen LogP contribution in [0.4, 0.5) is 5.82 Å². The van der Waals surface area contributed by atoms with Gasteiger partial charge >= 0.3 is 0 Å². The summed E-state index contributed by atoms with van der Waals surface area (Å²) in [7, 11) is 4.30. The Bertz CT molecular complexity index is 350. The normalized spacial score (nSPS) is 20.9. The van der Waals surface area contributed by atoms with Gasteiger partial charge < -0.3 is 9.80 Å². The summed E-state index contributed by atoms with van der Waals surface area (Å²) in [6.07, 6.45) is 4.40. The highest BCUT2D eigenvalue weighted by Gasteiger charge is 2.21. The maximum Gasteiger partial charge on any atom is 0.128 e. The Morgan fingerprint density at radius 2 is 2.29 bits per heavy atom. The van der Waals surface area contributed by atoms with Crippen LogP contribution in [0.3, 0.4) is 0 Å². The van der Waals surface area contributed by atoms with Crippen molar-refractivity contribution in [3.8, 4) is 0 Å². The van der Waals surface area contributed by atoms with Gasteiger partial charge in [-0.15, -0.1) is 11.6 Å². The number of halogens is 1. The lowest BCUT2D eigenvalue weighted by Gasteiger charge is -2.36. The van der Waals surface area contributed by atoms with Gasteiger partial charge in [-0.1, -0.05) is 6.07 Å². The van der Waals surface area contributed by atoms with E-state index >= 15 is 0 Å². The lowest BCUT2D eigenvalue weighted by Crippen LogP contribution is -2.45. The second-order valence-electron chi connectivity index (χ2n) is 4.86. The molecule has 0 spiro atoms. The number of nitrogens with zero attached hydrogens (tertiary/aromatic N) is 3. The van der Waals surface area contributed by atoms with Gasteiger partial charge in [-0.05, 0) is 38.6 Å². The van der Waals surface area contributed by atoms with Crippen molar-refractivity contribution in [1.29, 1.82) is 0 Å². The van der Waals surface area contributed by atoms with Crippen molar-refractivity contribution in [2.24, 2.45) is 0 Å². The summed E-state index contributed by atoms with van der Waals surface area (Å²) in [6, 6.07) is 4.78. The number of pyridine rings is 1. The molecule has 2 rings (SSSR count). The molecule has 1 aromatic rings. The third kappa shape index (κ3) is 3.11. The minimum absolute atomic E-state index is 0.535. The fourth-order valence-electron chi connectivity index (χ4n) is 2.27. The Morgan fingerprint density at radius 3 is 2.88 bits per heavy atom. The second-order valence-corrected chi connectivity index (χ2v) is 5.13. The van der Waals surface area contributed by atoms with Gasteiger partial charge in [-0.3, -0.25) is 0 Å². The maximum absolute atomic E-state index is 5.77. The molecule has 1 unspecified atom stereocenters. The van der Waals surface area contributed by atoms with E-state index in [0.29, 0.717) is 11.9 Å². The molecule has 1 aliphatic heterocycles. The van der Waals surface area contributed by atoms with Crippen LogP contribution in [-0.2, 0) is 5.88 Å². The van der Waals surface area contributed by atoms with E-state index in [0.717, 1.165) is 24.5 Å². The van der Waals surface area contributed by atoms with Crippen molar-refractivity contribution in [1.82, 2.24) is 9.88 Å². The Kier molecular flexibility index (Phi) is 4.24. The molecule has 17 heavy (non-hydrogen) atoms. The zero-order valence-electron chi connectivity index (χ0n) is 10.6. The molecule has 1 aromatic heterocycles.